The average Bonchev–Trinajstić information content (AvgIpc) is 1.45. The molecule has 6 aliphatic carbocycles. The number of likely N-dealkylation sites (N-methyl/N-ethyl adjacent to an activating group) is 1. The Bertz CT molecular complexity index is 6090. The van der Waals surface area contributed by atoms with Crippen LogP contribution in [0.3, 0.4) is 0 Å². The highest BCUT2D eigenvalue weighted by molar-refractivity contribution is 7.15. The number of aliphatic hydroxyl groups excluding tert-OH is 4. The Kier molecular flexibility index (Phi) is 33.3. The van der Waals surface area contributed by atoms with Gasteiger partial charge in [-0.1, -0.05) is 185 Å². The number of carbonyl (C=O) groups is 2. The largest absolute Gasteiger partial charge is 0.481 e. The maximum Gasteiger partial charge on any atom is 0.306 e. The van der Waals surface area contributed by atoms with Gasteiger partial charge in [-0.05, 0) is 289 Å². The molecule has 5 aromatic carbocycles. The first-order valence-corrected chi connectivity index (χ1v) is 59.0. The molecule has 2 atom stereocenters. The van der Waals surface area contributed by atoms with Crippen molar-refractivity contribution >= 4 is 94.1 Å². The van der Waals surface area contributed by atoms with Crippen molar-refractivity contribution in [3.8, 4) is 56.3 Å². The third kappa shape index (κ3) is 25.1. The Labute approximate surface area is 886 Å². The lowest BCUT2D eigenvalue weighted by atomic mass is 9.63. The number of hydrogen-bond donors (Lipinski definition) is 7. The van der Waals surface area contributed by atoms with Crippen LogP contribution in [-0.4, -0.2) is 204 Å². The van der Waals surface area contributed by atoms with E-state index in [2.05, 4.69) is 284 Å². The first-order valence-electron chi connectivity index (χ1n) is 54.6. The molecule has 1 saturated carbocycles. The molecule has 20 nitrogen and oxygen atoms in total. The lowest BCUT2D eigenvalue weighted by Gasteiger charge is -2.42. The van der Waals surface area contributed by atoms with Crippen molar-refractivity contribution in [2.45, 2.75) is 326 Å². The van der Waals surface area contributed by atoms with Crippen LogP contribution in [0, 0.1) is 23.7 Å². The topological polar surface area (TPSA) is 243 Å². The van der Waals surface area contributed by atoms with Crippen LogP contribution < -0.4 is 35.1 Å². The molecule has 21 rings (SSSR count). The van der Waals surface area contributed by atoms with Gasteiger partial charge in [-0.2, -0.15) is 0 Å². The molecule has 145 heavy (non-hydrogen) atoms. The summed E-state index contributed by atoms with van der Waals surface area (Å²) in [5.41, 5.74) is 27.2. The van der Waals surface area contributed by atoms with E-state index in [1.807, 2.05) is 6.07 Å². The molecule has 5 saturated heterocycles. The molecule has 0 bridgehead atoms. The Hall–Kier alpha value is -7.89. The van der Waals surface area contributed by atoms with E-state index in [9.17, 15) is 24.9 Å². The van der Waals surface area contributed by atoms with Crippen LogP contribution in [0.1, 0.15) is 320 Å². The fourth-order valence-corrected chi connectivity index (χ4v) is 28.7. The summed E-state index contributed by atoms with van der Waals surface area (Å²) in [6.07, 6.45) is 22.5. The number of hydrogen-bond acceptors (Lipinski definition) is 24. The van der Waals surface area contributed by atoms with Crippen molar-refractivity contribution in [2.24, 2.45) is 23.7 Å². The monoisotopic (exact) mass is 2060 g/mol. The van der Waals surface area contributed by atoms with E-state index in [1.54, 1.807) is 56.7 Å². The van der Waals surface area contributed by atoms with Gasteiger partial charge in [0.2, 0.25) is 0 Å². The minimum Gasteiger partial charge on any atom is -0.481 e. The van der Waals surface area contributed by atoms with Crippen molar-refractivity contribution in [1.29, 1.82) is 0 Å². The highest BCUT2D eigenvalue weighted by Crippen LogP contribution is 2.54. The van der Waals surface area contributed by atoms with E-state index in [4.69, 9.17) is 35.1 Å². The number of carboxylic acids is 1. The number of anilines is 5. The molecular formula is C120H167N13O7S5. The minimum atomic E-state index is -0.668. The van der Waals surface area contributed by atoms with E-state index < -0.39 is 5.97 Å². The molecule has 10 aromatic rings. The van der Waals surface area contributed by atoms with E-state index >= 15 is 0 Å². The Balaban J connectivity index is 0.000000124. The highest BCUT2D eigenvalue weighted by atomic mass is 32.1. The smallest absolute Gasteiger partial charge is 0.306 e. The van der Waals surface area contributed by atoms with Crippen molar-refractivity contribution < 1.29 is 35.1 Å². The molecule has 10 heterocycles. The Morgan fingerprint density at radius 2 is 0.669 bits per heavy atom. The minimum absolute atomic E-state index is 0.0589. The number of piperidine rings is 5. The van der Waals surface area contributed by atoms with Gasteiger partial charge >= 0.3 is 5.97 Å². The SMILES string of the molecule is CC1(C)CCC(=O)c2cc(-c3csc(N4CCC(NCCO)CC4)n3)ccc21.CC1(C)CCC(C)(C)c2cc(-c3csc(N4CCC(C(=O)O)CC4)n3)ccc21.CC1(C)CCC(C)(C)c2cc(-c3csc(N4CCC(NCC5CC5CO)CC4)n3)ccc21.CC1(C)CCC(C)(C)c2cc(-c3csc(N4CCC(O)CC4)n3)ccc21.CN(CCO)CC1CCN(c2nc(-c3ccc4c(c3)C(C)(C)CCC4(C)C)cs2)CC1. The van der Waals surface area contributed by atoms with Crippen molar-refractivity contribution in [1.82, 2.24) is 40.5 Å². The molecule has 0 radical (unpaired) electrons. The van der Waals surface area contributed by atoms with Crippen molar-refractivity contribution in [3.63, 3.8) is 0 Å². The van der Waals surface area contributed by atoms with E-state index in [0.29, 0.717) is 56.3 Å². The number of nitrogens with zero attached hydrogens (tertiary/aromatic N) is 11. The van der Waals surface area contributed by atoms with Crippen molar-refractivity contribution in [3.05, 3.63) is 174 Å². The normalized spacial score (nSPS) is 22.3. The number of fused-ring (bicyclic) bond motifs is 5. The van der Waals surface area contributed by atoms with Crippen LogP contribution >= 0.6 is 56.7 Å². The third-order valence-corrected chi connectivity index (χ3v) is 39.7. The summed E-state index contributed by atoms with van der Waals surface area (Å²) in [5.74, 6) is 1.35. The zero-order valence-electron chi connectivity index (χ0n) is 90.5. The van der Waals surface area contributed by atoms with Gasteiger partial charge in [0.05, 0.1) is 53.7 Å². The number of nitrogens with one attached hydrogen (secondary N) is 2. The maximum atomic E-state index is 12.5. The standard InChI is InChI=1S/C27H39N3OS.C26H39N3OS.C23H30N2O2S.C22H29N3O2S.C22H30N2OS/c1-26(2)9-10-27(3,4)23-14-18(5-6-22(23)26)24-17-32-25(29-24)30-11-7-21(8-12-30)28-15-19-13-20(19)16-31;1-25(2)10-11-26(3,4)22-16-20(6-7-21(22)25)23-18-31-24(27-23)29-12-8-19(9-13-29)17-28(5)14-15-30;1-22(2)9-10-23(3,4)18-13-16(5-6-17(18)22)19-14-28-21(24-19)25-11-7-15(8-12-25)20(26)27;1-22(2)8-5-20(27)17-13-15(3-4-18(17)22)19-14-28-21(24-19)25-10-6-16(7-11-25)23-9-12-26;1-21(2)9-10-22(3,4)18-13-15(5-6-17(18)21)19-14-26-20(23-19)24-11-7-16(25)8-12-24/h5-6,14,17,19-21,28,31H,7-13,15-16H2,1-4H3;6-7,16,18-19,30H,8-15,17H2,1-5H3;5-6,13-15H,7-12H2,1-4H3,(H,26,27);3-4,13-14,16,23,26H,5-12H2,1-2H3;5-6,13-14,16,25H,7-12H2,1-4H3. The second-order valence-electron chi connectivity index (χ2n) is 50.0. The molecule has 0 spiro atoms. The number of Topliss-reactive ketones (excluding diaryl/α,β-unsaturated/α-hetero) is 1. The fraction of sp³-hybridized carbons (Fsp3) is 0.608. The molecule has 11 aliphatic rings. The number of ketones is 1. The number of rotatable bonds is 22. The van der Waals surface area contributed by atoms with Gasteiger partial charge < -0.3 is 65.6 Å². The lowest BCUT2D eigenvalue weighted by molar-refractivity contribution is -0.142. The summed E-state index contributed by atoms with van der Waals surface area (Å²) in [5, 5.41) is 69.7. The van der Waals surface area contributed by atoms with Crippen LogP contribution in [0.5, 0.6) is 0 Å². The number of carbonyl (C=O) groups excluding carboxylic acids is 1. The summed E-state index contributed by atoms with van der Waals surface area (Å²) in [4.78, 5) is 62.5. The number of aliphatic carboxylic acids is 1. The Morgan fingerprint density at radius 1 is 0.372 bits per heavy atom. The molecular weight excluding hydrogens is 1900 g/mol. The second kappa shape index (κ2) is 44.6. The molecule has 6 fully saturated rings. The molecule has 5 aromatic heterocycles. The fourth-order valence-electron chi connectivity index (χ4n) is 24.2. The van der Waals surface area contributed by atoms with Crippen LogP contribution in [-0.2, 0) is 53.5 Å². The van der Waals surface area contributed by atoms with Crippen LogP contribution in [0.15, 0.2) is 118 Å². The highest BCUT2D eigenvalue weighted by Gasteiger charge is 2.44. The molecule has 784 valence electrons. The van der Waals surface area contributed by atoms with Gasteiger partial charge in [0.25, 0.3) is 0 Å². The molecule has 2 unspecified atom stereocenters. The van der Waals surface area contributed by atoms with Crippen molar-refractivity contribution in [2.75, 3.05) is 143 Å². The van der Waals surface area contributed by atoms with Crippen LogP contribution in [0.2, 0.25) is 0 Å². The average molecular weight is 2060 g/mol. The number of aliphatic hydroxyl groups is 4. The van der Waals surface area contributed by atoms with Crippen LogP contribution in [0.25, 0.3) is 56.3 Å². The molecule has 5 aliphatic heterocycles. The Morgan fingerprint density at radius 3 is 0.986 bits per heavy atom. The first-order chi connectivity index (χ1) is 68.9. The summed E-state index contributed by atoms with van der Waals surface area (Å²) in [7, 11) is 2.11. The first kappa shape index (κ1) is 108. The zero-order chi connectivity index (χ0) is 103. The number of aromatic nitrogens is 5. The van der Waals surface area contributed by atoms with Gasteiger partial charge in [-0.15, -0.1) is 56.7 Å². The number of benzene rings is 5. The maximum absolute atomic E-state index is 12.5. The van der Waals surface area contributed by atoms with Gasteiger partial charge in [0, 0.05) is 170 Å². The van der Waals surface area contributed by atoms with Gasteiger partial charge in [0.15, 0.2) is 31.4 Å². The van der Waals surface area contributed by atoms with Crippen LogP contribution in [0.4, 0.5) is 25.7 Å². The lowest BCUT2D eigenvalue weighted by Crippen LogP contribution is -2.43. The number of carboxylic acid groups (broad SMARTS) is 1. The molecule has 25 heteroatoms. The second-order valence-corrected chi connectivity index (χ2v) is 54.2. The number of thiazole rings is 5. The summed E-state index contributed by atoms with van der Waals surface area (Å²) in [6, 6.07) is 35.4. The summed E-state index contributed by atoms with van der Waals surface area (Å²) >= 11 is 8.63. The predicted molar refractivity (Wildman–Crippen MR) is 607 cm³/mol. The summed E-state index contributed by atoms with van der Waals surface area (Å²) in [6.45, 7) is 56.4. The predicted octanol–water partition coefficient (Wildman–Crippen LogP) is 24.8. The summed E-state index contributed by atoms with van der Waals surface area (Å²) < 4.78 is 0. The van der Waals surface area contributed by atoms with E-state index in [-0.39, 0.29) is 79.8 Å². The van der Waals surface area contributed by atoms with E-state index in [1.165, 1.54) is 161 Å². The molecule has 7 N–H and O–H groups in total. The van der Waals surface area contributed by atoms with Gasteiger partial charge in [-0.25, -0.2) is 24.9 Å². The third-order valence-electron chi connectivity index (χ3n) is 35.2. The van der Waals surface area contributed by atoms with Gasteiger partial charge in [-0.3, -0.25) is 9.59 Å². The molecule has 0 amide bonds. The quantitative estimate of drug-likeness (QED) is 0.0333. The van der Waals surface area contributed by atoms with E-state index in [0.717, 1.165) is 183 Å². The zero-order valence-corrected chi connectivity index (χ0v) is 94.6. The van der Waals surface area contributed by atoms with Gasteiger partial charge in [0.1, 0.15) is 0 Å².